The molecule has 1 aliphatic heterocycles. The van der Waals surface area contributed by atoms with Crippen LogP contribution in [0.2, 0.25) is 0 Å². The second-order valence-electron chi connectivity index (χ2n) is 5.32. The number of ether oxygens (including phenoxy) is 1. The molecule has 0 bridgehead atoms. The highest BCUT2D eigenvalue weighted by atomic mass is 19.2. The van der Waals surface area contributed by atoms with E-state index in [0.29, 0.717) is 31.5 Å². The third kappa shape index (κ3) is 3.39. The number of halogens is 2. The van der Waals surface area contributed by atoms with E-state index in [0.717, 1.165) is 12.1 Å². The van der Waals surface area contributed by atoms with Crippen LogP contribution in [0.4, 0.5) is 8.78 Å². The SMILES string of the molecule is COC1(C(=O)NC(C)c2ccc(F)c(F)c2)CCNCC1. The average molecular weight is 298 g/mol. The molecular weight excluding hydrogens is 278 g/mol. The third-order valence-corrected chi connectivity index (χ3v) is 4.01. The molecule has 1 aromatic carbocycles. The van der Waals surface area contributed by atoms with Gasteiger partial charge in [-0.1, -0.05) is 6.07 Å². The smallest absolute Gasteiger partial charge is 0.252 e. The maximum Gasteiger partial charge on any atom is 0.252 e. The van der Waals surface area contributed by atoms with E-state index in [-0.39, 0.29) is 5.91 Å². The van der Waals surface area contributed by atoms with Crippen LogP contribution in [0.3, 0.4) is 0 Å². The summed E-state index contributed by atoms with van der Waals surface area (Å²) >= 11 is 0. The van der Waals surface area contributed by atoms with Crippen LogP contribution in [0.1, 0.15) is 31.4 Å². The minimum absolute atomic E-state index is 0.219. The van der Waals surface area contributed by atoms with Crippen LogP contribution in [-0.2, 0) is 9.53 Å². The first-order chi connectivity index (χ1) is 9.98. The van der Waals surface area contributed by atoms with Crippen LogP contribution in [-0.4, -0.2) is 31.7 Å². The number of hydrogen-bond donors (Lipinski definition) is 2. The summed E-state index contributed by atoms with van der Waals surface area (Å²) in [5, 5.41) is 6.00. The Bertz CT molecular complexity index is 516. The van der Waals surface area contributed by atoms with Crippen molar-refractivity contribution in [1.29, 1.82) is 0 Å². The first-order valence-electron chi connectivity index (χ1n) is 7.00. The topological polar surface area (TPSA) is 50.4 Å². The van der Waals surface area contributed by atoms with E-state index in [1.807, 2.05) is 0 Å². The molecule has 1 amide bonds. The van der Waals surface area contributed by atoms with Gasteiger partial charge in [0.05, 0.1) is 6.04 Å². The molecule has 2 N–H and O–H groups in total. The van der Waals surface area contributed by atoms with Gasteiger partial charge in [0, 0.05) is 7.11 Å². The fourth-order valence-corrected chi connectivity index (χ4v) is 2.55. The molecule has 0 aromatic heterocycles. The van der Waals surface area contributed by atoms with Gasteiger partial charge in [-0.25, -0.2) is 8.78 Å². The van der Waals surface area contributed by atoms with E-state index < -0.39 is 23.3 Å². The monoisotopic (exact) mass is 298 g/mol. The van der Waals surface area contributed by atoms with Crippen molar-refractivity contribution in [2.24, 2.45) is 0 Å². The second kappa shape index (κ2) is 6.49. The molecule has 1 atom stereocenters. The van der Waals surface area contributed by atoms with Crippen LogP contribution in [0.15, 0.2) is 18.2 Å². The molecule has 1 unspecified atom stereocenters. The van der Waals surface area contributed by atoms with Crippen LogP contribution < -0.4 is 10.6 Å². The normalized spacial score (nSPS) is 19.0. The van der Waals surface area contributed by atoms with Gasteiger partial charge in [-0.15, -0.1) is 0 Å². The molecule has 1 aromatic rings. The lowest BCUT2D eigenvalue weighted by Crippen LogP contribution is -2.54. The number of benzene rings is 1. The minimum Gasteiger partial charge on any atom is -0.368 e. The lowest BCUT2D eigenvalue weighted by molar-refractivity contribution is -0.147. The number of piperidine rings is 1. The van der Waals surface area contributed by atoms with Crippen molar-refractivity contribution < 1.29 is 18.3 Å². The van der Waals surface area contributed by atoms with Gasteiger partial charge in [-0.3, -0.25) is 4.79 Å². The molecule has 2 rings (SSSR count). The van der Waals surface area contributed by atoms with Crippen molar-refractivity contribution in [3.63, 3.8) is 0 Å². The number of carbonyl (C=O) groups excluding carboxylic acids is 1. The van der Waals surface area contributed by atoms with Gasteiger partial charge in [0.15, 0.2) is 11.6 Å². The highest BCUT2D eigenvalue weighted by molar-refractivity contribution is 5.85. The number of rotatable bonds is 4. The number of amides is 1. The Morgan fingerprint density at radius 3 is 2.57 bits per heavy atom. The number of methoxy groups -OCH3 is 1. The molecule has 1 saturated heterocycles. The zero-order chi connectivity index (χ0) is 15.5. The molecule has 1 fully saturated rings. The van der Waals surface area contributed by atoms with Gasteiger partial charge in [0.25, 0.3) is 5.91 Å². The fraction of sp³-hybridized carbons (Fsp3) is 0.533. The average Bonchev–Trinajstić information content (AvgIpc) is 2.50. The van der Waals surface area contributed by atoms with Gasteiger partial charge in [0.1, 0.15) is 5.60 Å². The lowest BCUT2D eigenvalue weighted by atomic mass is 9.90. The largest absolute Gasteiger partial charge is 0.368 e. The van der Waals surface area contributed by atoms with Gasteiger partial charge < -0.3 is 15.4 Å². The Hall–Kier alpha value is -1.53. The van der Waals surface area contributed by atoms with Crippen molar-refractivity contribution in [2.45, 2.75) is 31.4 Å². The standard InChI is InChI=1S/C15H20F2N2O2/c1-10(11-3-4-12(16)13(17)9-11)19-14(20)15(21-2)5-7-18-8-6-15/h3-4,9-10,18H,5-8H2,1-2H3,(H,19,20). The molecule has 0 radical (unpaired) electrons. The minimum atomic E-state index is -0.920. The summed E-state index contributed by atoms with van der Waals surface area (Å²) in [6.07, 6.45) is 1.17. The highest BCUT2D eigenvalue weighted by Gasteiger charge is 2.40. The van der Waals surface area contributed by atoms with Crippen molar-refractivity contribution in [3.05, 3.63) is 35.4 Å². The molecule has 0 spiro atoms. The van der Waals surface area contributed by atoms with Gasteiger partial charge >= 0.3 is 0 Å². The first-order valence-corrected chi connectivity index (χ1v) is 7.00. The number of nitrogens with one attached hydrogen (secondary N) is 2. The van der Waals surface area contributed by atoms with Crippen LogP contribution in [0, 0.1) is 11.6 Å². The Morgan fingerprint density at radius 2 is 2.00 bits per heavy atom. The molecular formula is C15H20F2N2O2. The van der Waals surface area contributed by atoms with Crippen LogP contribution in [0.25, 0.3) is 0 Å². The molecule has 1 heterocycles. The van der Waals surface area contributed by atoms with E-state index in [1.54, 1.807) is 6.92 Å². The molecule has 0 aliphatic carbocycles. The van der Waals surface area contributed by atoms with Gasteiger partial charge in [-0.2, -0.15) is 0 Å². The van der Waals surface area contributed by atoms with E-state index in [1.165, 1.54) is 13.2 Å². The summed E-state index contributed by atoms with van der Waals surface area (Å²) in [4.78, 5) is 12.5. The van der Waals surface area contributed by atoms with Crippen LogP contribution >= 0.6 is 0 Å². The summed E-state index contributed by atoms with van der Waals surface area (Å²) in [6, 6.07) is 3.20. The number of hydrogen-bond acceptors (Lipinski definition) is 3. The summed E-state index contributed by atoms with van der Waals surface area (Å²) < 4.78 is 31.6. The van der Waals surface area contributed by atoms with E-state index in [4.69, 9.17) is 4.74 Å². The van der Waals surface area contributed by atoms with Crippen molar-refractivity contribution in [2.75, 3.05) is 20.2 Å². The Morgan fingerprint density at radius 1 is 1.33 bits per heavy atom. The Labute approximate surface area is 122 Å². The zero-order valence-corrected chi connectivity index (χ0v) is 12.2. The first kappa shape index (κ1) is 15.9. The van der Waals surface area contributed by atoms with Crippen molar-refractivity contribution >= 4 is 5.91 Å². The fourth-order valence-electron chi connectivity index (χ4n) is 2.55. The van der Waals surface area contributed by atoms with E-state index in [2.05, 4.69) is 10.6 Å². The molecule has 21 heavy (non-hydrogen) atoms. The Balaban J connectivity index is 2.08. The summed E-state index contributed by atoms with van der Waals surface area (Å²) in [7, 11) is 1.52. The molecule has 4 nitrogen and oxygen atoms in total. The predicted octanol–water partition coefficient (Wildman–Crippen LogP) is 1.91. The highest BCUT2D eigenvalue weighted by Crippen LogP contribution is 2.24. The number of carbonyl (C=O) groups is 1. The summed E-state index contributed by atoms with van der Waals surface area (Å²) in [5.74, 6) is -2.04. The predicted molar refractivity (Wildman–Crippen MR) is 74.8 cm³/mol. The second-order valence-corrected chi connectivity index (χ2v) is 5.32. The Kier molecular flexibility index (Phi) is 4.90. The van der Waals surface area contributed by atoms with Crippen LogP contribution in [0.5, 0.6) is 0 Å². The maximum atomic E-state index is 13.3. The van der Waals surface area contributed by atoms with Gasteiger partial charge in [-0.05, 0) is 50.6 Å². The van der Waals surface area contributed by atoms with E-state index in [9.17, 15) is 13.6 Å². The van der Waals surface area contributed by atoms with Gasteiger partial charge in [0.2, 0.25) is 0 Å². The molecule has 1 aliphatic rings. The zero-order valence-electron chi connectivity index (χ0n) is 12.2. The van der Waals surface area contributed by atoms with Crippen molar-refractivity contribution in [1.82, 2.24) is 10.6 Å². The van der Waals surface area contributed by atoms with E-state index >= 15 is 0 Å². The van der Waals surface area contributed by atoms with Crippen molar-refractivity contribution in [3.8, 4) is 0 Å². The molecule has 6 heteroatoms. The summed E-state index contributed by atoms with van der Waals surface area (Å²) in [5.41, 5.74) is -0.333. The maximum absolute atomic E-state index is 13.3. The quantitative estimate of drug-likeness (QED) is 0.893. The lowest BCUT2D eigenvalue weighted by Gasteiger charge is -2.35. The molecule has 116 valence electrons. The third-order valence-electron chi connectivity index (χ3n) is 4.01. The molecule has 0 saturated carbocycles. The summed E-state index contributed by atoms with van der Waals surface area (Å²) in [6.45, 7) is 3.15.